The van der Waals surface area contributed by atoms with E-state index in [-0.39, 0.29) is 5.75 Å². The third-order valence-corrected chi connectivity index (χ3v) is 5.36. The van der Waals surface area contributed by atoms with E-state index in [2.05, 4.69) is 4.90 Å². The van der Waals surface area contributed by atoms with Gasteiger partial charge in [0.2, 0.25) is 5.89 Å². The molecule has 2 fully saturated rings. The Bertz CT molecular complexity index is 782. The highest BCUT2D eigenvalue weighted by molar-refractivity contribution is 5.56. The number of oxazole rings is 1. The number of aryl methyl sites for hydroxylation is 1. The van der Waals surface area contributed by atoms with E-state index < -0.39 is 5.82 Å². The minimum atomic E-state index is -0.392. The maximum Gasteiger partial charge on any atom is 0.226 e. The highest BCUT2D eigenvalue weighted by Gasteiger charge is 2.28. The van der Waals surface area contributed by atoms with Crippen LogP contribution in [0.4, 0.5) is 4.39 Å². The van der Waals surface area contributed by atoms with Crippen molar-refractivity contribution in [1.82, 2.24) is 9.88 Å². The van der Waals surface area contributed by atoms with E-state index in [1.54, 1.807) is 12.1 Å². The van der Waals surface area contributed by atoms with Gasteiger partial charge in [0, 0.05) is 31.8 Å². The van der Waals surface area contributed by atoms with Crippen LogP contribution in [0, 0.1) is 18.7 Å². The summed E-state index contributed by atoms with van der Waals surface area (Å²) in [7, 11) is 1.45. The molecule has 6 heteroatoms. The van der Waals surface area contributed by atoms with Crippen LogP contribution >= 0.6 is 0 Å². The molecule has 1 saturated heterocycles. The predicted molar refractivity (Wildman–Crippen MR) is 100 cm³/mol. The zero-order valence-electron chi connectivity index (χ0n) is 16.0. The molecule has 0 N–H and O–H groups in total. The highest BCUT2D eigenvalue weighted by Crippen LogP contribution is 2.32. The van der Waals surface area contributed by atoms with Crippen molar-refractivity contribution in [3.63, 3.8) is 0 Å². The summed E-state index contributed by atoms with van der Waals surface area (Å²) in [5.74, 6) is 1.92. The van der Waals surface area contributed by atoms with E-state index in [1.165, 1.54) is 26.0 Å². The average Bonchev–Trinajstić information content (AvgIpc) is 3.18. The Labute approximate surface area is 159 Å². The molecule has 1 aromatic heterocycles. The van der Waals surface area contributed by atoms with E-state index in [9.17, 15) is 4.39 Å². The lowest BCUT2D eigenvalue weighted by molar-refractivity contribution is 0.0684. The maximum absolute atomic E-state index is 13.7. The fourth-order valence-corrected chi connectivity index (χ4v) is 3.65. The number of nitrogens with zero attached hydrogens (tertiary/aromatic N) is 2. The Balaban J connectivity index is 1.50. The number of halogens is 1. The first kappa shape index (κ1) is 18.4. The van der Waals surface area contributed by atoms with Crippen LogP contribution in [0.1, 0.15) is 37.1 Å². The van der Waals surface area contributed by atoms with Crippen LogP contribution in [0.3, 0.4) is 0 Å². The van der Waals surface area contributed by atoms with Gasteiger partial charge in [0.1, 0.15) is 5.76 Å². The molecule has 0 amide bonds. The predicted octanol–water partition coefficient (Wildman–Crippen LogP) is 4.19. The van der Waals surface area contributed by atoms with Crippen LogP contribution < -0.4 is 4.74 Å². The highest BCUT2D eigenvalue weighted by atomic mass is 19.1. The Hall–Kier alpha value is -1.92. The molecule has 1 atom stereocenters. The summed E-state index contributed by atoms with van der Waals surface area (Å²) in [6.07, 6.45) is 5.26. The molecule has 2 heterocycles. The zero-order chi connectivity index (χ0) is 18.8. The molecule has 5 nitrogen and oxygen atoms in total. The van der Waals surface area contributed by atoms with Gasteiger partial charge in [-0.25, -0.2) is 9.37 Å². The molecule has 1 aliphatic carbocycles. The second-order valence-electron chi connectivity index (χ2n) is 7.64. The largest absolute Gasteiger partial charge is 0.494 e. The fraction of sp³-hybridized carbons (Fsp3) is 0.571. The molecule has 0 unspecified atom stereocenters. The van der Waals surface area contributed by atoms with Gasteiger partial charge < -0.3 is 13.9 Å². The van der Waals surface area contributed by atoms with Gasteiger partial charge in [-0.1, -0.05) is 0 Å². The molecular weight excluding hydrogens is 347 g/mol. The minimum absolute atomic E-state index is 0.193. The van der Waals surface area contributed by atoms with E-state index >= 15 is 0 Å². The van der Waals surface area contributed by atoms with Crippen LogP contribution in [0.25, 0.3) is 11.5 Å². The lowest BCUT2D eigenvalue weighted by atomic mass is 10.2. The first-order valence-electron chi connectivity index (χ1n) is 9.76. The van der Waals surface area contributed by atoms with E-state index in [4.69, 9.17) is 18.9 Å². The van der Waals surface area contributed by atoms with E-state index in [0.29, 0.717) is 12.0 Å². The van der Waals surface area contributed by atoms with E-state index in [0.717, 1.165) is 62.0 Å². The van der Waals surface area contributed by atoms with Crippen molar-refractivity contribution in [3.05, 3.63) is 35.5 Å². The van der Waals surface area contributed by atoms with Crippen LogP contribution in [0.5, 0.6) is 5.75 Å². The van der Waals surface area contributed by atoms with Gasteiger partial charge in [0.15, 0.2) is 11.6 Å². The standard InChI is InChI=1S/C21H27FN2O3/c1-14-19(13-24(11-15-5-6-15)12-17-4-3-9-26-17)23-21(27-14)16-7-8-18(22)20(10-16)25-2/h7-8,10,15,17H,3-6,9,11-13H2,1-2H3/t17-/m0/s1. The lowest BCUT2D eigenvalue weighted by Crippen LogP contribution is -2.33. The van der Waals surface area contributed by atoms with Gasteiger partial charge in [0.05, 0.1) is 18.9 Å². The van der Waals surface area contributed by atoms with Crippen molar-refractivity contribution >= 4 is 0 Å². The number of methoxy groups -OCH3 is 1. The number of aromatic nitrogens is 1. The fourth-order valence-electron chi connectivity index (χ4n) is 3.65. The van der Waals surface area contributed by atoms with Crippen LogP contribution in [0.15, 0.2) is 22.6 Å². The first-order chi connectivity index (χ1) is 13.1. The number of benzene rings is 1. The van der Waals surface area contributed by atoms with Gasteiger partial charge in [-0.3, -0.25) is 4.90 Å². The molecule has 0 radical (unpaired) electrons. The smallest absolute Gasteiger partial charge is 0.226 e. The van der Waals surface area contributed by atoms with E-state index in [1.807, 2.05) is 6.92 Å². The van der Waals surface area contributed by atoms with Crippen molar-refractivity contribution < 1.29 is 18.3 Å². The Morgan fingerprint density at radius 3 is 2.81 bits per heavy atom. The topological polar surface area (TPSA) is 47.7 Å². The van der Waals surface area contributed by atoms with Crippen molar-refractivity contribution in [2.24, 2.45) is 5.92 Å². The summed E-state index contributed by atoms with van der Waals surface area (Å²) in [5.41, 5.74) is 1.66. The molecule has 2 aliphatic rings. The van der Waals surface area contributed by atoms with Crippen molar-refractivity contribution in [2.45, 2.75) is 45.3 Å². The Kier molecular flexibility index (Phi) is 5.45. The molecule has 2 aromatic rings. The molecule has 4 rings (SSSR count). The molecule has 146 valence electrons. The molecular formula is C21H27FN2O3. The number of rotatable bonds is 8. The number of ether oxygens (including phenoxy) is 2. The van der Waals surface area contributed by atoms with Gasteiger partial charge in [-0.15, -0.1) is 0 Å². The molecule has 0 spiro atoms. The minimum Gasteiger partial charge on any atom is -0.494 e. The van der Waals surface area contributed by atoms with Crippen LogP contribution in [-0.4, -0.2) is 42.8 Å². The summed E-state index contributed by atoms with van der Waals surface area (Å²) in [5, 5.41) is 0. The monoisotopic (exact) mass is 374 g/mol. The van der Waals surface area contributed by atoms with Gasteiger partial charge in [0.25, 0.3) is 0 Å². The summed E-state index contributed by atoms with van der Waals surface area (Å²) < 4.78 is 30.5. The average molecular weight is 374 g/mol. The Morgan fingerprint density at radius 1 is 1.26 bits per heavy atom. The maximum atomic E-state index is 13.7. The van der Waals surface area contributed by atoms with Gasteiger partial charge in [-0.2, -0.15) is 0 Å². The molecule has 1 aromatic carbocycles. The molecule has 1 aliphatic heterocycles. The first-order valence-corrected chi connectivity index (χ1v) is 9.76. The van der Waals surface area contributed by atoms with Gasteiger partial charge in [-0.05, 0) is 56.7 Å². The third kappa shape index (κ3) is 4.50. The summed E-state index contributed by atoms with van der Waals surface area (Å²) in [6.45, 7) is 5.60. The second kappa shape index (κ2) is 7.98. The van der Waals surface area contributed by atoms with Crippen LogP contribution in [-0.2, 0) is 11.3 Å². The summed E-state index contributed by atoms with van der Waals surface area (Å²) in [4.78, 5) is 7.15. The summed E-state index contributed by atoms with van der Waals surface area (Å²) >= 11 is 0. The van der Waals surface area contributed by atoms with Crippen LogP contribution in [0.2, 0.25) is 0 Å². The lowest BCUT2D eigenvalue weighted by Gasteiger charge is -2.24. The van der Waals surface area contributed by atoms with Crippen molar-refractivity contribution in [1.29, 1.82) is 0 Å². The Morgan fingerprint density at radius 2 is 2.11 bits per heavy atom. The second-order valence-corrected chi connectivity index (χ2v) is 7.64. The third-order valence-electron chi connectivity index (χ3n) is 5.36. The van der Waals surface area contributed by atoms with Crippen molar-refractivity contribution in [2.75, 3.05) is 26.8 Å². The quantitative estimate of drug-likeness (QED) is 0.693. The molecule has 27 heavy (non-hydrogen) atoms. The SMILES string of the molecule is COc1cc(-c2nc(CN(CC3CC3)C[C@@H]3CCCO3)c(C)o2)ccc1F. The molecule has 1 saturated carbocycles. The zero-order valence-corrected chi connectivity index (χ0v) is 16.0. The van der Waals surface area contributed by atoms with Crippen molar-refractivity contribution in [3.8, 4) is 17.2 Å². The summed E-state index contributed by atoms with van der Waals surface area (Å²) in [6, 6.07) is 4.67. The number of hydrogen-bond donors (Lipinski definition) is 0. The van der Waals surface area contributed by atoms with Gasteiger partial charge >= 0.3 is 0 Å². The molecule has 0 bridgehead atoms. The normalized spacial score (nSPS) is 19.8. The number of hydrogen-bond acceptors (Lipinski definition) is 5.